The standard InChI is InChI=1S/C12H13ClN2O5/c1-2-7(12(17)18)6-14-11(16)8-4-3-5-9(10(8)13)15(19)20/h3-5,7H,2,6H2,1H3,(H,14,16)(H,17,18). The van der Waals surface area contributed by atoms with Crippen molar-refractivity contribution in [3.05, 3.63) is 38.9 Å². The lowest BCUT2D eigenvalue weighted by Gasteiger charge is -2.11. The Hall–Kier alpha value is -2.15. The molecule has 0 fully saturated rings. The van der Waals surface area contributed by atoms with Gasteiger partial charge in [-0.1, -0.05) is 24.6 Å². The summed E-state index contributed by atoms with van der Waals surface area (Å²) in [6, 6.07) is 3.87. The van der Waals surface area contributed by atoms with Crippen LogP contribution in [0.2, 0.25) is 5.02 Å². The minimum atomic E-state index is -1.02. The van der Waals surface area contributed by atoms with Gasteiger partial charge < -0.3 is 10.4 Å². The fourth-order valence-corrected chi connectivity index (χ4v) is 1.83. The first-order chi connectivity index (χ1) is 9.38. The molecule has 0 aliphatic rings. The van der Waals surface area contributed by atoms with Gasteiger partial charge in [0, 0.05) is 12.6 Å². The smallest absolute Gasteiger partial charge is 0.308 e. The molecule has 8 heteroatoms. The number of carbonyl (C=O) groups excluding carboxylic acids is 1. The van der Waals surface area contributed by atoms with E-state index in [-0.39, 0.29) is 22.8 Å². The molecule has 1 aromatic rings. The molecule has 1 aromatic carbocycles. The number of nitrogens with one attached hydrogen (secondary N) is 1. The van der Waals surface area contributed by atoms with Crippen molar-refractivity contribution in [3.63, 3.8) is 0 Å². The summed E-state index contributed by atoms with van der Waals surface area (Å²) >= 11 is 5.79. The lowest BCUT2D eigenvalue weighted by atomic mass is 10.1. The summed E-state index contributed by atoms with van der Waals surface area (Å²) in [5, 5.41) is 21.7. The van der Waals surface area contributed by atoms with Gasteiger partial charge in [-0.25, -0.2) is 0 Å². The predicted molar refractivity (Wildman–Crippen MR) is 71.9 cm³/mol. The Bertz CT molecular complexity index is 547. The minimum absolute atomic E-state index is 0.0545. The number of hydrogen-bond acceptors (Lipinski definition) is 4. The summed E-state index contributed by atoms with van der Waals surface area (Å²) in [6.45, 7) is 1.62. The third-order valence-electron chi connectivity index (χ3n) is 2.77. The summed E-state index contributed by atoms with van der Waals surface area (Å²) in [5.74, 6) is -2.37. The maximum absolute atomic E-state index is 11.9. The fraction of sp³-hybridized carbons (Fsp3) is 0.333. The molecular formula is C12H13ClN2O5. The van der Waals surface area contributed by atoms with Crippen molar-refractivity contribution in [2.75, 3.05) is 6.54 Å². The van der Waals surface area contributed by atoms with E-state index >= 15 is 0 Å². The first kappa shape index (κ1) is 15.9. The van der Waals surface area contributed by atoms with Crippen molar-refractivity contribution >= 4 is 29.2 Å². The summed E-state index contributed by atoms with van der Waals surface area (Å²) in [4.78, 5) is 32.7. The molecule has 0 heterocycles. The van der Waals surface area contributed by atoms with Crippen molar-refractivity contribution in [3.8, 4) is 0 Å². The number of nitrogens with zero attached hydrogens (tertiary/aromatic N) is 1. The third kappa shape index (κ3) is 3.67. The number of nitro benzene ring substituents is 1. The molecule has 7 nitrogen and oxygen atoms in total. The van der Waals surface area contributed by atoms with Crippen molar-refractivity contribution in [1.82, 2.24) is 5.32 Å². The van der Waals surface area contributed by atoms with Crippen LogP contribution in [0, 0.1) is 16.0 Å². The van der Waals surface area contributed by atoms with Gasteiger partial charge in [-0.15, -0.1) is 0 Å². The molecule has 20 heavy (non-hydrogen) atoms. The zero-order valence-corrected chi connectivity index (χ0v) is 11.4. The van der Waals surface area contributed by atoms with Crippen molar-refractivity contribution in [1.29, 1.82) is 0 Å². The Morgan fingerprint density at radius 2 is 2.15 bits per heavy atom. The van der Waals surface area contributed by atoms with Gasteiger partial charge in [-0.05, 0) is 12.5 Å². The zero-order chi connectivity index (χ0) is 15.3. The van der Waals surface area contributed by atoms with Gasteiger partial charge in [-0.3, -0.25) is 19.7 Å². The second kappa shape index (κ2) is 6.85. The minimum Gasteiger partial charge on any atom is -0.481 e. The van der Waals surface area contributed by atoms with Crippen LogP contribution in [0.3, 0.4) is 0 Å². The van der Waals surface area contributed by atoms with Crippen LogP contribution in [0.5, 0.6) is 0 Å². The highest BCUT2D eigenvalue weighted by Gasteiger charge is 2.21. The third-order valence-corrected chi connectivity index (χ3v) is 3.17. The van der Waals surface area contributed by atoms with Crippen molar-refractivity contribution in [2.24, 2.45) is 5.92 Å². The predicted octanol–water partition coefficient (Wildman–Crippen LogP) is 2.09. The number of nitro groups is 1. The normalized spacial score (nSPS) is 11.7. The molecule has 108 valence electrons. The molecule has 1 atom stereocenters. The number of rotatable bonds is 6. The Morgan fingerprint density at radius 1 is 1.50 bits per heavy atom. The van der Waals surface area contributed by atoms with E-state index in [1.54, 1.807) is 6.92 Å². The maximum atomic E-state index is 11.9. The lowest BCUT2D eigenvalue weighted by Crippen LogP contribution is -2.32. The van der Waals surface area contributed by atoms with E-state index in [4.69, 9.17) is 16.7 Å². The number of hydrogen-bond donors (Lipinski definition) is 2. The second-order valence-electron chi connectivity index (χ2n) is 4.05. The molecule has 0 bridgehead atoms. The Kier molecular flexibility index (Phi) is 5.45. The summed E-state index contributed by atoms with van der Waals surface area (Å²) in [6.07, 6.45) is 0.359. The monoisotopic (exact) mass is 300 g/mol. The van der Waals surface area contributed by atoms with E-state index in [9.17, 15) is 19.7 Å². The van der Waals surface area contributed by atoms with E-state index in [1.807, 2.05) is 0 Å². The molecule has 2 N–H and O–H groups in total. The molecule has 0 saturated carbocycles. The zero-order valence-electron chi connectivity index (χ0n) is 10.6. The molecule has 0 aliphatic heterocycles. The van der Waals surface area contributed by atoms with Gasteiger partial charge in [0.05, 0.1) is 16.4 Å². The molecule has 0 saturated heterocycles. The Morgan fingerprint density at radius 3 is 2.65 bits per heavy atom. The number of carboxylic acid groups (broad SMARTS) is 1. The van der Waals surface area contributed by atoms with E-state index in [2.05, 4.69) is 5.32 Å². The quantitative estimate of drug-likeness (QED) is 0.617. The summed E-state index contributed by atoms with van der Waals surface area (Å²) in [5.41, 5.74) is -0.425. The van der Waals surface area contributed by atoms with Crippen LogP contribution in [-0.2, 0) is 4.79 Å². The average molecular weight is 301 g/mol. The molecule has 1 amide bonds. The van der Waals surface area contributed by atoms with Crippen molar-refractivity contribution < 1.29 is 19.6 Å². The highest BCUT2D eigenvalue weighted by molar-refractivity contribution is 6.35. The molecule has 0 radical (unpaired) electrons. The maximum Gasteiger partial charge on any atom is 0.308 e. The van der Waals surface area contributed by atoms with E-state index in [0.29, 0.717) is 6.42 Å². The summed E-state index contributed by atoms with van der Waals surface area (Å²) < 4.78 is 0. The van der Waals surface area contributed by atoms with Gasteiger partial charge >= 0.3 is 5.97 Å². The van der Waals surface area contributed by atoms with Crippen LogP contribution in [0.1, 0.15) is 23.7 Å². The highest BCUT2D eigenvalue weighted by atomic mass is 35.5. The van der Waals surface area contributed by atoms with Gasteiger partial charge in [0.2, 0.25) is 0 Å². The van der Waals surface area contributed by atoms with Crippen LogP contribution < -0.4 is 5.32 Å². The van der Waals surface area contributed by atoms with Crippen molar-refractivity contribution in [2.45, 2.75) is 13.3 Å². The van der Waals surface area contributed by atoms with Gasteiger partial charge in [0.1, 0.15) is 5.02 Å². The van der Waals surface area contributed by atoms with Crippen LogP contribution in [0.15, 0.2) is 18.2 Å². The topological polar surface area (TPSA) is 110 Å². The lowest BCUT2D eigenvalue weighted by molar-refractivity contribution is -0.384. The van der Waals surface area contributed by atoms with Crippen LogP contribution in [0.4, 0.5) is 5.69 Å². The van der Waals surface area contributed by atoms with Gasteiger partial charge in [0.25, 0.3) is 11.6 Å². The van der Waals surface area contributed by atoms with Crippen LogP contribution in [0.25, 0.3) is 0 Å². The molecule has 0 spiro atoms. The molecule has 0 aliphatic carbocycles. The number of aliphatic carboxylic acids is 1. The number of amides is 1. The second-order valence-corrected chi connectivity index (χ2v) is 4.43. The summed E-state index contributed by atoms with van der Waals surface area (Å²) in [7, 11) is 0. The SMILES string of the molecule is CCC(CNC(=O)c1cccc([N+](=O)[O-])c1Cl)C(=O)O. The number of carbonyl (C=O) groups is 2. The number of halogens is 1. The first-order valence-electron chi connectivity index (χ1n) is 5.82. The largest absolute Gasteiger partial charge is 0.481 e. The van der Waals surface area contributed by atoms with Crippen LogP contribution >= 0.6 is 11.6 Å². The van der Waals surface area contributed by atoms with Gasteiger partial charge in [-0.2, -0.15) is 0 Å². The van der Waals surface area contributed by atoms with Gasteiger partial charge in [0.15, 0.2) is 0 Å². The molecule has 0 aromatic heterocycles. The molecular weight excluding hydrogens is 288 g/mol. The Labute approximate surface area is 119 Å². The first-order valence-corrected chi connectivity index (χ1v) is 6.20. The average Bonchev–Trinajstić information content (AvgIpc) is 2.38. The fourth-order valence-electron chi connectivity index (χ4n) is 1.55. The Balaban J connectivity index is 2.86. The van der Waals surface area contributed by atoms with E-state index in [0.717, 1.165) is 0 Å². The number of carboxylic acids is 1. The highest BCUT2D eigenvalue weighted by Crippen LogP contribution is 2.27. The molecule has 1 unspecified atom stereocenters. The molecule has 1 rings (SSSR count). The van der Waals surface area contributed by atoms with Crippen LogP contribution in [-0.4, -0.2) is 28.5 Å². The van der Waals surface area contributed by atoms with E-state index < -0.39 is 22.7 Å². The number of benzene rings is 1. The van der Waals surface area contributed by atoms with E-state index in [1.165, 1.54) is 18.2 Å².